The summed E-state index contributed by atoms with van der Waals surface area (Å²) < 4.78 is 10.1. The molecule has 0 bridgehead atoms. The highest BCUT2D eigenvalue weighted by molar-refractivity contribution is 5.93. The van der Waals surface area contributed by atoms with E-state index in [1.807, 2.05) is 5.43 Å². The third-order valence-electron chi connectivity index (χ3n) is 4.62. The zero-order valence-corrected chi connectivity index (χ0v) is 19.5. The second-order valence-corrected chi connectivity index (χ2v) is 7.44. The van der Waals surface area contributed by atoms with E-state index in [0.717, 1.165) is 0 Å². The summed E-state index contributed by atoms with van der Waals surface area (Å²) in [5.74, 6) is 1.47. The number of hydrogen-bond donors (Lipinski definition) is 9. The Morgan fingerprint density at radius 1 is 1.00 bits per heavy atom. The van der Waals surface area contributed by atoms with E-state index in [1.165, 1.54) is 7.11 Å². The first-order valence-corrected chi connectivity index (χ1v) is 10.9. The molecule has 0 spiro atoms. The van der Waals surface area contributed by atoms with Crippen LogP contribution in [0, 0.1) is 0 Å². The Morgan fingerprint density at radius 3 is 2.29 bits per heavy atom. The van der Waals surface area contributed by atoms with Crippen molar-refractivity contribution in [2.45, 2.75) is 56.5 Å². The van der Waals surface area contributed by atoms with Crippen LogP contribution in [0.4, 0.5) is 0 Å². The number of methoxy groups -OCH3 is 1. The van der Waals surface area contributed by atoms with Crippen molar-refractivity contribution in [3.8, 4) is 0 Å². The van der Waals surface area contributed by atoms with E-state index in [2.05, 4.69) is 16.0 Å². The predicted octanol–water partition coefficient (Wildman–Crippen LogP) is -4.16. The van der Waals surface area contributed by atoms with Crippen LogP contribution in [0.3, 0.4) is 0 Å². The number of nitrogens with one attached hydrogen (secondary N) is 4. The van der Waals surface area contributed by atoms with Crippen molar-refractivity contribution in [2.24, 2.45) is 17.3 Å². The van der Waals surface area contributed by atoms with Gasteiger partial charge in [-0.05, 0) is 19.4 Å². The number of aliphatic carboxylic acids is 1. The van der Waals surface area contributed by atoms with E-state index in [1.54, 1.807) is 0 Å². The van der Waals surface area contributed by atoms with Crippen molar-refractivity contribution in [3.05, 3.63) is 0 Å². The van der Waals surface area contributed by atoms with E-state index in [-0.39, 0.29) is 13.2 Å². The van der Waals surface area contributed by atoms with Crippen LogP contribution in [-0.2, 0) is 28.7 Å². The molecule has 0 heterocycles. The maximum Gasteiger partial charge on any atom is 0.305 e. The Balaban J connectivity index is 5.11. The Labute approximate surface area is 198 Å². The Kier molecular flexibility index (Phi) is 17.6. The van der Waals surface area contributed by atoms with Gasteiger partial charge in [0.15, 0.2) is 0 Å². The zero-order valence-electron chi connectivity index (χ0n) is 19.5. The number of carboxylic acids is 1. The second kappa shape index (κ2) is 19.0. The minimum atomic E-state index is -1.45. The maximum absolute atomic E-state index is 12.8. The SMILES string of the molecule is COCCOCCNC(O)C(CC(=O)O)NC(=O)C(CC(=O)NN)NC(=O)C(N)CCCCN. The van der Waals surface area contributed by atoms with E-state index >= 15 is 0 Å². The average molecular weight is 494 g/mol. The first-order valence-electron chi connectivity index (χ1n) is 10.9. The number of aliphatic hydroxyl groups is 1. The summed E-state index contributed by atoms with van der Waals surface area (Å²) in [6.45, 7) is 1.52. The van der Waals surface area contributed by atoms with E-state index in [9.17, 15) is 24.3 Å². The molecule has 3 amide bonds. The van der Waals surface area contributed by atoms with E-state index in [4.69, 9.17) is 31.9 Å². The first-order chi connectivity index (χ1) is 16.2. The van der Waals surface area contributed by atoms with Crippen LogP contribution in [0.25, 0.3) is 0 Å². The molecule has 198 valence electrons. The summed E-state index contributed by atoms with van der Waals surface area (Å²) in [4.78, 5) is 48.1. The van der Waals surface area contributed by atoms with Crippen molar-refractivity contribution in [2.75, 3.05) is 40.0 Å². The lowest BCUT2D eigenvalue weighted by atomic mass is 10.1. The molecule has 0 aliphatic rings. The van der Waals surface area contributed by atoms with Gasteiger partial charge in [0.25, 0.3) is 0 Å². The molecule has 0 rings (SSSR count). The third kappa shape index (κ3) is 14.7. The van der Waals surface area contributed by atoms with Crippen molar-refractivity contribution < 1.29 is 38.9 Å². The number of carboxylic acid groups (broad SMARTS) is 1. The minimum Gasteiger partial charge on any atom is -0.481 e. The van der Waals surface area contributed by atoms with Crippen LogP contribution in [0.5, 0.6) is 0 Å². The molecule has 4 atom stereocenters. The average Bonchev–Trinajstić information content (AvgIpc) is 2.79. The molecule has 15 heteroatoms. The first kappa shape index (κ1) is 31.6. The highest BCUT2D eigenvalue weighted by Crippen LogP contribution is 2.03. The molecule has 12 N–H and O–H groups in total. The minimum absolute atomic E-state index is 0.157. The predicted molar refractivity (Wildman–Crippen MR) is 121 cm³/mol. The second-order valence-electron chi connectivity index (χ2n) is 7.44. The number of ether oxygens (including phenoxy) is 2. The molecule has 15 nitrogen and oxygen atoms in total. The Bertz CT molecular complexity index is 625. The highest BCUT2D eigenvalue weighted by atomic mass is 16.5. The van der Waals surface area contributed by atoms with Crippen molar-refractivity contribution >= 4 is 23.7 Å². The fraction of sp³-hybridized carbons (Fsp3) is 0.789. The smallest absolute Gasteiger partial charge is 0.305 e. The lowest BCUT2D eigenvalue weighted by molar-refractivity contribution is -0.140. The third-order valence-corrected chi connectivity index (χ3v) is 4.62. The van der Waals surface area contributed by atoms with Gasteiger partial charge in [0.1, 0.15) is 12.3 Å². The summed E-state index contributed by atoms with van der Waals surface area (Å²) in [7, 11) is 1.52. The zero-order chi connectivity index (χ0) is 25.9. The number of hydrazine groups is 1. The van der Waals surface area contributed by atoms with Gasteiger partial charge in [-0.2, -0.15) is 0 Å². The fourth-order valence-corrected chi connectivity index (χ4v) is 2.75. The molecule has 0 aliphatic carbocycles. The summed E-state index contributed by atoms with van der Waals surface area (Å²) >= 11 is 0. The van der Waals surface area contributed by atoms with E-state index in [0.29, 0.717) is 39.0 Å². The molecule has 0 saturated heterocycles. The quantitative estimate of drug-likeness (QED) is 0.0257. The topological polar surface area (TPSA) is 253 Å². The molecule has 34 heavy (non-hydrogen) atoms. The molecule has 0 fully saturated rings. The number of hydrogen-bond acceptors (Lipinski definition) is 11. The standard InChI is InChI=1S/C19H39N7O8/c1-33-8-9-34-7-6-23-18(31)14(11-16(28)29)25-19(32)13(10-15(27)26-22)24-17(30)12(21)4-2-3-5-20/h12-14,18,23,31H,2-11,20-22H2,1H3,(H,24,30)(H,25,32)(H,26,27)(H,28,29). The number of carbonyl (C=O) groups is 4. The van der Waals surface area contributed by atoms with Crippen molar-refractivity contribution in [1.82, 2.24) is 21.4 Å². The van der Waals surface area contributed by atoms with Crippen molar-refractivity contribution in [1.29, 1.82) is 0 Å². The van der Waals surface area contributed by atoms with Crippen LogP contribution in [0.15, 0.2) is 0 Å². The van der Waals surface area contributed by atoms with Crippen LogP contribution in [-0.4, -0.2) is 98.3 Å². The lowest BCUT2D eigenvalue weighted by Crippen LogP contribution is -2.58. The Hall–Kier alpha value is -2.40. The number of amides is 3. The summed E-state index contributed by atoms with van der Waals surface area (Å²) in [6, 6.07) is -3.62. The van der Waals surface area contributed by atoms with Crippen LogP contribution in [0.1, 0.15) is 32.1 Å². The van der Waals surface area contributed by atoms with Crippen LogP contribution < -0.4 is 38.7 Å². The molecule has 0 aromatic heterocycles. The molecular formula is C19H39N7O8. The van der Waals surface area contributed by atoms with Gasteiger partial charge < -0.3 is 41.8 Å². The molecule has 0 aromatic carbocycles. The molecule has 0 aromatic rings. The Morgan fingerprint density at radius 2 is 1.71 bits per heavy atom. The number of unbranched alkanes of at least 4 members (excludes halogenated alkanes) is 1. The van der Waals surface area contributed by atoms with Gasteiger partial charge in [0, 0.05) is 13.7 Å². The number of nitrogens with two attached hydrogens (primary N) is 3. The molecule has 4 unspecified atom stereocenters. The highest BCUT2D eigenvalue weighted by Gasteiger charge is 2.30. The number of aliphatic hydroxyl groups excluding tert-OH is 1. The number of rotatable bonds is 20. The van der Waals surface area contributed by atoms with Gasteiger partial charge in [0.2, 0.25) is 17.7 Å². The molecule has 0 saturated carbocycles. The monoisotopic (exact) mass is 493 g/mol. The summed E-state index contributed by atoms with van der Waals surface area (Å²) in [5, 5.41) is 26.8. The lowest BCUT2D eigenvalue weighted by Gasteiger charge is -2.27. The largest absolute Gasteiger partial charge is 0.481 e. The maximum atomic E-state index is 12.8. The van der Waals surface area contributed by atoms with Gasteiger partial charge in [0.05, 0.1) is 44.7 Å². The van der Waals surface area contributed by atoms with Crippen molar-refractivity contribution in [3.63, 3.8) is 0 Å². The van der Waals surface area contributed by atoms with Gasteiger partial charge in [-0.3, -0.25) is 29.9 Å². The fourth-order valence-electron chi connectivity index (χ4n) is 2.75. The molecule has 0 radical (unpaired) electrons. The molecule has 0 aliphatic heterocycles. The molecular weight excluding hydrogens is 454 g/mol. The van der Waals surface area contributed by atoms with Gasteiger partial charge in [-0.15, -0.1) is 0 Å². The summed E-state index contributed by atoms with van der Waals surface area (Å²) in [5.41, 5.74) is 13.1. The van der Waals surface area contributed by atoms with Crippen LogP contribution >= 0.6 is 0 Å². The number of carbonyl (C=O) groups excluding carboxylic acids is 3. The van der Waals surface area contributed by atoms with Gasteiger partial charge >= 0.3 is 5.97 Å². The van der Waals surface area contributed by atoms with Gasteiger partial charge in [-0.25, -0.2) is 5.84 Å². The normalized spacial score (nSPS) is 14.5. The van der Waals surface area contributed by atoms with E-state index < -0.39 is 60.9 Å². The van der Waals surface area contributed by atoms with Crippen LogP contribution in [0.2, 0.25) is 0 Å². The summed E-state index contributed by atoms with van der Waals surface area (Å²) in [6.07, 6.45) is -1.03. The van der Waals surface area contributed by atoms with Gasteiger partial charge in [-0.1, -0.05) is 6.42 Å².